The van der Waals surface area contributed by atoms with Crippen LogP contribution in [-0.2, 0) is 75.2 Å². The van der Waals surface area contributed by atoms with Gasteiger partial charge >= 0.3 is 0 Å². The normalized spacial score (nSPS) is 16.8. The molecule has 0 aliphatic carbocycles. The second-order valence-electron chi connectivity index (χ2n) is 24.1. The van der Waals surface area contributed by atoms with Crippen LogP contribution in [0.15, 0.2) is 65.7 Å². The van der Waals surface area contributed by atoms with Gasteiger partial charge in [-0.05, 0) is 119 Å². The van der Waals surface area contributed by atoms with E-state index in [9.17, 15) is 62.3 Å². The molecule has 2 aromatic carbocycles. The van der Waals surface area contributed by atoms with Gasteiger partial charge in [0.25, 0.3) is 0 Å². The smallest absolute Gasteiger partial charge is 0.245 e. The van der Waals surface area contributed by atoms with Crippen LogP contribution in [0.25, 0.3) is 0 Å². The first-order chi connectivity index (χ1) is 45.2. The lowest BCUT2D eigenvalue weighted by Crippen LogP contribution is -2.60. The molecule has 13 amide bonds. The summed E-state index contributed by atoms with van der Waals surface area (Å²) in [5.74, 6) is -9.80. The third-order valence-electron chi connectivity index (χ3n) is 16.0. The number of benzene rings is 2. The fourth-order valence-electron chi connectivity index (χ4n) is 11.0. The van der Waals surface area contributed by atoms with Gasteiger partial charge in [0.2, 0.25) is 76.8 Å². The lowest BCUT2D eigenvalue weighted by atomic mass is 10.0. The number of amides is 13. The number of hydrogen-bond donors (Lipinski definition) is 15. The Kier molecular flexibility index (Phi) is 33.9. The number of thioether (sulfide) groups is 1. The van der Waals surface area contributed by atoms with Gasteiger partial charge in [0.05, 0.1) is 12.6 Å². The molecule has 0 bridgehead atoms. The van der Waals surface area contributed by atoms with Crippen molar-refractivity contribution in [2.45, 2.75) is 183 Å². The molecule has 2 saturated heterocycles. The maximum absolute atomic E-state index is 14.7. The summed E-state index contributed by atoms with van der Waals surface area (Å²) in [6.07, 6.45) is 3.12. The van der Waals surface area contributed by atoms with Crippen molar-refractivity contribution in [1.82, 2.24) is 52.3 Å². The molecule has 2 heterocycles. The molecule has 4 rings (SSSR count). The predicted molar refractivity (Wildman–Crippen MR) is 356 cm³/mol. The van der Waals surface area contributed by atoms with E-state index in [0.717, 1.165) is 0 Å². The van der Waals surface area contributed by atoms with Crippen LogP contribution in [0, 0.1) is 5.92 Å². The largest absolute Gasteiger partial charge is 0.370 e. The molecule has 0 saturated carbocycles. The van der Waals surface area contributed by atoms with Crippen LogP contribution in [0.4, 0.5) is 0 Å². The highest BCUT2D eigenvalue weighted by atomic mass is 32.2. The number of rotatable bonds is 42. The SMILES string of the molecule is CSCC[C@H](NC(=O)[C@@H](CC(C)C)NC(=O)CNC(=O)[C@@H](Cc1ccccc1)NC(=O)[C@H](Cc1ccccc1)NC(=O)[C@@H](CCC(N)=O)NC(=O)[C@H](CCC(N)=O)NC(=O)[C@@H]1CCCN1C(=O)[C@@H](CCCCN)NC(=O)[C@H]1CCCN1C(=O)[C@@H](N)CCCN=C(N)N)C(N)=O. The first-order valence-electron chi connectivity index (χ1n) is 32.2. The Labute approximate surface area is 558 Å². The Morgan fingerprint density at radius 3 is 1.51 bits per heavy atom. The van der Waals surface area contributed by atoms with Crippen molar-refractivity contribution in [3.05, 3.63) is 71.8 Å². The molecule has 2 aromatic rings. The second-order valence-corrected chi connectivity index (χ2v) is 25.1. The van der Waals surface area contributed by atoms with Gasteiger partial charge in [-0.1, -0.05) is 74.5 Å². The van der Waals surface area contributed by atoms with E-state index in [0.29, 0.717) is 55.4 Å². The number of carbonyl (C=O) groups excluding carboxylic acids is 13. The molecule has 2 fully saturated rings. The van der Waals surface area contributed by atoms with Gasteiger partial charge in [-0.25, -0.2) is 0 Å². The molecule has 0 aromatic heterocycles. The van der Waals surface area contributed by atoms with E-state index >= 15 is 0 Å². The van der Waals surface area contributed by atoms with E-state index in [2.05, 4.69) is 47.5 Å². The van der Waals surface area contributed by atoms with E-state index < -0.39 is 169 Å². The third kappa shape index (κ3) is 27.5. The van der Waals surface area contributed by atoms with E-state index in [1.54, 1.807) is 60.7 Å². The second kappa shape index (κ2) is 41.0. The first kappa shape index (κ1) is 78.5. The number of likely N-dealkylation sites (tertiary alicyclic amines) is 2. The zero-order valence-electron chi connectivity index (χ0n) is 54.5. The number of nitrogens with two attached hydrogens (primary N) is 7. The van der Waals surface area contributed by atoms with Crippen LogP contribution in [0.3, 0.4) is 0 Å². The number of unbranched alkanes of at least 4 members (excludes halogenated alkanes) is 1. The molecule has 0 unspecified atom stereocenters. The van der Waals surface area contributed by atoms with Crippen LogP contribution in [-0.4, -0.2) is 198 Å². The van der Waals surface area contributed by atoms with Crippen molar-refractivity contribution in [2.24, 2.45) is 51.0 Å². The zero-order chi connectivity index (χ0) is 70.1. The van der Waals surface area contributed by atoms with E-state index in [-0.39, 0.29) is 83.0 Å². The third-order valence-corrected chi connectivity index (χ3v) is 16.7. The van der Waals surface area contributed by atoms with Gasteiger partial charge in [0.15, 0.2) is 5.96 Å². The van der Waals surface area contributed by atoms with E-state index in [1.165, 1.54) is 21.6 Å². The molecule has 0 radical (unpaired) electrons. The number of aliphatic imine (C=N–C) groups is 1. The van der Waals surface area contributed by atoms with Crippen LogP contribution in [0.1, 0.15) is 121 Å². The molecule has 31 nitrogen and oxygen atoms in total. The average molecular weight is 1350 g/mol. The Bertz CT molecular complexity index is 2960. The Morgan fingerprint density at radius 1 is 0.537 bits per heavy atom. The number of carbonyl (C=O) groups is 13. The van der Waals surface area contributed by atoms with Crippen molar-refractivity contribution in [2.75, 3.05) is 44.7 Å². The summed E-state index contributed by atoms with van der Waals surface area (Å²) in [7, 11) is 0. The standard InChI is InChI=1S/C63H98N18O13S/c1-37(2)33-45(57(89)74-41(53(68)85)27-32-95-3)73-52(84)36-72-54(86)46(34-38-15-6-4-7-16-38)78-58(90)47(35-39-17-8-5-9-18-39)79-56(88)42(23-25-50(66)82)75-55(87)43(24-26-51(67)83)76-59(91)49-22-14-31-81(49)62(94)44(20-10-11-28-64)77-60(92)48-21-13-30-80(48)61(93)40(65)19-12-29-71-63(69)70/h4-9,15-18,37,40-49H,10-14,19-36,64-65H2,1-3H3,(H2,66,82)(H2,67,83)(H2,68,85)(H,72,86)(H,73,84)(H,74,89)(H,75,87)(H,76,91)(H,77,92)(H,78,90)(H,79,88)(H4,69,70,71)/t40-,41-,42+,43-,44+,45+,46+,47-,48+,49-/m0/s1. The van der Waals surface area contributed by atoms with Crippen molar-refractivity contribution < 1.29 is 62.3 Å². The monoisotopic (exact) mass is 1350 g/mol. The lowest BCUT2D eigenvalue weighted by molar-refractivity contribution is -0.144. The maximum Gasteiger partial charge on any atom is 0.245 e. The molecular weight excluding hydrogens is 1250 g/mol. The van der Waals surface area contributed by atoms with Crippen molar-refractivity contribution in [3.63, 3.8) is 0 Å². The van der Waals surface area contributed by atoms with Crippen molar-refractivity contribution >= 4 is 94.5 Å². The van der Waals surface area contributed by atoms with Crippen molar-refractivity contribution in [3.8, 4) is 0 Å². The first-order valence-corrected chi connectivity index (χ1v) is 33.6. The predicted octanol–water partition coefficient (Wildman–Crippen LogP) is -3.71. The molecule has 0 spiro atoms. The van der Waals surface area contributed by atoms with Crippen LogP contribution >= 0.6 is 11.8 Å². The van der Waals surface area contributed by atoms with Gasteiger partial charge in [-0.2, -0.15) is 11.8 Å². The Hall–Kier alpha value is -8.91. The van der Waals surface area contributed by atoms with Gasteiger partial charge in [0.1, 0.15) is 54.4 Å². The molecule has 32 heteroatoms. The molecule has 95 heavy (non-hydrogen) atoms. The molecular formula is C63H98N18O13S. The van der Waals surface area contributed by atoms with Gasteiger partial charge in [-0.3, -0.25) is 67.3 Å². The van der Waals surface area contributed by atoms with Crippen molar-refractivity contribution in [1.29, 1.82) is 0 Å². The van der Waals surface area contributed by atoms with Gasteiger partial charge in [-0.15, -0.1) is 0 Å². The minimum absolute atomic E-state index is 0.0736. The Morgan fingerprint density at radius 2 is 1.01 bits per heavy atom. The summed E-state index contributed by atoms with van der Waals surface area (Å²) in [5, 5.41) is 21.1. The average Bonchev–Trinajstić information content (AvgIpc) is 1.74. The maximum atomic E-state index is 14.7. The molecule has 2 aliphatic heterocycles. The van der Waals surface area contributed by atoms with Gasteiger partial charge < -0.3 is 92.5 Å². The zero-order valence-corrected chi connectivity index (χ0v) is 55.3. The number of primary amides is 3. The molecule has 10 atom stereocenters. The fourth-order valence-corrected chi connectivity index (χ4v) is 11.5. The lowest BCUT2D eigenvalue weighted by Gasteiger charge is -2.32. The van der Waals surface area contributed by atoms with E-state index in [4.69, 9.17) is 40.1 Å². The number of hydrogen-bond acceptors (Lipinski definition) is 17. The van der Waals surface area contributed by atoms with Gasteiger partial charge in [0, 0.05) is 45.3 Å². The summed E-state index contributed by atoms with van der Waals surface area (Å²) in [4.78, 5) is 185. The number of nitrogens with zero attached hydrogens (tertiary/aromatic N) is 3. The van der Waals surface area contributed by atoms with Crippen LogP contribution in [0.5, 0.6) is 0 Å². The highest BCUT2D eigenvalue weighted by Gasteiger charge is 2.42. The molecule has 524 valence electrons. The molecule has 2 aliphatic rings. The highest BCUT2D eigenvalue weighted by molar-refractivity contribution is 7.98. The summed E-state index contributed by atoms with van der Waals surface area (Å²) in [6.45, 7) is 3.86. The summed E-state index contributed by atoms with van der Waals surface area (Å²) in [6, 6.07) is 4.51. The minimum atomic E-state index is -1.64. The van der Waals surface area contributed by atoms with E-state index in [1.807, 2.05) is 20.1 Å². The number of guanidine groups is 1. The quantitative estimate of drug-likeness (QED) is 0.0173. The summed E-state index contributed by atoms with van der Waals surface area (Å²) < 4.78 is 0. The number of nitrogens with one attached hydrogen (secondary N) is 8. The van der Waals surface area contributed by atoms with Crippen LogP contribution in [0.2, 0.25) is 0 Å². The molecule has 22 N–H and O–H groups in total. The minimum Gasteiger partial charge on any atom is -0.370 e. The van der Waals surface area contributed by atoms with Crippen LogP contribution < -0.4 is 82.7 Å². The summed E-state index contributed by atoms with van der Waals surface area (Å²) in [5.41, 5.74) is 40.6. The Balaban J connectivity index is 1.56. The fraction of sp³-hybridized carbons (Fsp3) is 0.587. The summed E-state index contributed by atoms with van der Waals surface area (Å²) >= 11 is 1.45. The highest BCUT2D eigenvalue weighted by Crippen LogP contribution is 2.24. The topological polar surface area (TPSA) is 519 Å².